The average molecular weight is 197 g/mol. The van der Waals surface area contributed by atoms with Crippen molar-refractivity contribution in [3.63, 3.8) is 0 Å². The largest absolute Gasteiger partial charge is 0.410 e. The van der Waals surface area contributed by atoms with Crippen LogP contribution in [-0.4, -0.2) is 26.0 Å². The molecule has 1 aliphatic carbocycles. The van der Waals surface area contributed by atoms with Gasteiger partial charge in [0.2, 0.25) is 0 Å². The summed E-state index contributed by atoms with van der Waals surface area (Å²) in [6, 6.07) is 0.295. The van der Waals surface area contributed by atoms with E-state index >= 15 is 0 Å². The number of hydrogen-bond donors (Lipinski definition) is 1. The van der Waals surface area contributed by atoms with Gasteiger partial charge in [-0.15, -0.1) is 5.10 Å². The molecule has 1 aromatic heterocycles. The molecule has 7 heteroatoms. The van der Waals surface area contributed by atoms with Gasteiger partial charge in [-0.1, -0.05) is 4.80 Å². The fraction of sp³-hybridized carbons (Fsp3) is 0.714. The quantitative estimate of drug-likeness (QED) is 0.540. The van der Waals surface area contributed by atoms with Crippen molar-refractivity contribution in [1.29, 1.82) is 0 Å². The van der Waals surface area contributed by atoms with Gasteiger partial charge in [0.15, 0.2) is 6.20 Å². The SMILES string of the molecule is NC1CCC(n2ncc([N+](=O)[O-])n2)C1. The van der Waals surface area contributed by atoms with Gasteiger partial charge in [0.1, 0.15) is 0 Å². The third-order valence-corrected chi connectivity index (χ3v) is 2.46. The van der Waals surface area contributed by atoms with E-state index in [1.54, 1.807) is 0 Å². The molecule has 1 aromatic rings. The molecule has 14 heavy (non-hydrogen) atoms. The van der Waals surface area contributed by atoms with Gasteiger partial charge < -0.3 is 15.8 Å². The Morgan fingerprint density at radius 1 is 1.64 bits per heavy atom. The molecule has 0 amide bonds. The maximum absolute atomic E-state index is 10.4. The molecule has 0 spiro atoms. The van der Waals surface area contributed by atoms with Crippen molar-refractivity contribution in [2.24, 2.45) is 5.73 Å². The Hall–Kier alpha value is -1.50. The summed E-state index contributed by atoms with van der Waals surface area (Å²) in [5.41, 5.74) is 5.73. The van der Waals surface area contributed by atoms with Gasteiger partial charge in [0, 0.05) is 6.04 Å². The van der Waals surface area contributed by atoms with Gasteiger partial charge in [0.05, 0.1) is 11.1 Å². The molecule has 2 unspecified atom stereocenters. The fourth-order valence-corrected chi connectivity index (χ4v) is 1.73. The van der Waals surface area contributed by atoms with Crippen LogP contribution < -0.4 is 5.73 Å². The van der Waals surface area contributed by atoms with Crippen LogP contribution in [0.25, 0.3) is 0 Å². The van der Waals surface area contributed by atoms with E-state index in [1.165, 1.54) is 11.0 Å². The topological polar surface area (TPSA) is 99.9 Å². The first-order chi connectivity index (χ1) is 6.66. The molecule has 0 aromatic carbocycles. The lowest BCUT2D eigenvalue weighted by molar-refractivity contribution is -0.389. The minimum Gasteiger partial charge on any atom is -0.358 e. The van der Waals surface area contributed by atoms with Crippen LogP contribution >= 0.6 is 0 Å². The van der Waals surface area contributed by atoms with Gasteiger partial charge >= 0.3 is 5.82 Å². The highest BCUT2D eigenvalue weighted by Gasteiger charge is 2.28. The Morgan fingerprint density at radius 3 is 2.93 bits per heavy atom. The maximum atomic E-state index is 10.4. The second-order valence-electron chi connectivity index (χ2n) is 3.51. The standard InChI is InChI=1S/C7H11N5O2/c8-5-1-2-6(3-5)11-9-4-7(10-11)12(13)14/h4-6H,1-3,8H2. The zero-order valence-corrected chi connectivity index (χ0v) is 7.54. The van der Waals surface area contributed by atoms with Gasteiger partial charge in [-0.3, -0.25) is 0 Å². The van der Waals surface area contributed by atoms with Crippen LogP contribution in [-0.2, 0) is 0 Å². The van der Waals surface area contributed by atoms with Crippen LogP contribution in [0.2, 0.25) is 0 Å². The molecular weight excluding hydrogens is 186 g/mol. The predicted molar refractivity (Wildman–Crippen MR) is 47.5 cm³/mol. The average Bonchev–Trinajstić information content (AvgIpc) is 2.70. The third-order valence-electron chi connectivity index (χ3n) is 2.46. The summed E-state index contributed by atoms with van der Waals surface area (Å²) in [4.78, 5) is 11.2. The van der Waals surface area contributed by atoms with Gasteiger partial charge in [-0.05, 0) is 24.2 Å². The van der Waals surface area contributed by atoms with Crippen LogP contribution in [0.3, 0.4) is 0 Å². The summed E-state index contributed by atoms with van der Waals surface area (Å²) in [5.74, 6) is -0.203. The normalized spacial score (nSPS) is 26.6. The molecule has 7 nitrogen and oxygen atoms in total. The summed E-state index contributed by atoms with van der Waals surface area (Å²) in [5, 5.41) is 18.0. The van der Waals surface area contributed by atoms with Crippen LogP contribution in [0.1, 0.15) is 25.3 Å². The van der Waals surface area contributed by atoms with Crippen molar-refractivity contribution in [2.45, 2.75) is 31.3 Å². The first-order valence-corrected chi connectivity index (χ1v) is 4.48. The number of aromatic nitrogens is 3. The van der Waals surface area contributed by atoms with Crippen molar-refractivity contribution >= 4 is 5.82 Å². The molecular formula is C7H11N5O2. The minimum absolute atomic E-state index is 0.124. The minimum atomic E-state index is -0.543. The smallest absolute Gasteiger partial charge is 0.358 e. The van der Waals surface area contributed by atoms with Gasteiger partial charge in [-0.2, -0.15) is 0 Å². The van der Waals surface area contributed by atoms with Crippen molar-refractivity contribution in [3.8, 4) is 0 Å². The van der Waals surface area contributed by atoms with E-state index < -0.39 is 4.92 Å². The first kappa shape index (κ1) is 9.07. The third kappa shape index (κ3) is 1.58. The summed E-state index contributed by atoms with van der Waals surface area (Å²) in [6.07, 6.45) is 3.79. The summed E-state index contributed by atoms with van der Waals surface area (Å²) in [6.45, 7) is 0. The molecule has 0 radical (unpaired) electrons. The Labute approximate surface area is 80.0 Å². The maximum Gasteiger partial charge on any atom is 0.410 e. The lowest BCUT2D eigenvalue weighted by atomic mass is 10.2. The highest BCUT2D eigenvalue weighted by atomic mass is 16.6. The number of nitrogens with two attached hydrogens (primary N) is 1. The van der Waals surface area contributed by atoms with Crippen LogP contribution in [0.15, 0.2) is 6.20 Å². The molecule has 0 bridgehead atoms. The van der Waals surface area contributed by atoms with E-state index in [1.807, 2.05) is 0 Å². The second-order valence-corrected chi connectivity index (χ2v) is 3.51. The van der Waals surface area contributed by atoms with Gasteiger partial charge in [0.25, 0.3) is 0 Å². The zero-order chi connectivity index (χ0) is 10.1. The van der Waals surface area contributed by atoms with Crippen LogP contribution in [0, 0.1) is 10.1 Å². The van der Waals surface area contributed by atoms with Crippen LogP contribution in [0.5, 0.6) is 0 Å². The first-order valence-electron chi connectivity index (χ1n) is 4.48. The Balaban J connectivity index is 2.13. The molecule has 0 aliphatic heterocycles. The highest BCUT2D eigenvalue weighted by molar-refractivity contribution is 5.08. The summed E-state index contributed by atoms with van der Waals surface area (Å²) in [7, 11) is 0. The fourth-order valence-electron chi connectivity index (χ4n) is 1.73. The lowest BCUT2D eigenvalue weighted by Gasteiger charge is -2.02. The molecule has 1 aliphatic rings. The highest BCUT2D eigenvalue weighted by Crippen LogP contribution is 2.27. The second kappa shape index (κ2) is 3.33. The summed E-state index contributed by atoms with van der Waals surface area (Å²) >= 11 is 0. The molecule has 0 saturated heterocycles. The van der Waals surface area contributed by atoms with Crippen LogP contribution in [0.4, 0.5) is 5.82 Å². The molecule has 76 valence electrons. The monoisotopic (exact) mass is 197 g/mol. The number of rotatable bonds is 2. The zero-order valence-electron chi connectivity index (χ0n) is 7.54. The van der Waals surface area contributed by atoms with Crippen molar-refractivity contribution in [2.75, 3.05) is 0 Å². The van der Waals surface area contributed by atoms with Crippen molar-refractivity contribution in [3.05, 3.63) is 16.3 Å². The molecule has 1 saturated carbocycles. The Bertz CT molecular complexity index is 350. The van der Waals surface area contributed by atoms with E-state index in [4.69, 9.17) is 5.73 Å². The number of nitrogens with zero attached hydrogens (tertiary/aromatic N) is 4. The van der Waals surface area contributed by atoms with Crippen molar-refractivity contribution < 1.29 is 4.92 Å². The van der Waals surface area contributed by atoms with E-state index in [2.05, 4.69) is 10.2 Å². The van der Waals surface area contributed by atoms with E-state index in [9.17, 15) is 10.1 Å². The molecule has 2 atom stereocenters. The summed E-state index contributed by atoms with van der Waals surface area (Å²) < 4.78 is 0. The molecule has 2 N–H and O–H groups in total. The van der Waals surface area contributed by atoms with E-state index in [0.29, 0.717) is 0 Å². The number of nitro groups is 1. The number of hydrogen-bond acceptors (Lipinski definition) is 5. The van der Waals surface area contributed by atoms with E-state index in [-0.39, 0.29) is 17.9 Å². The van der Waals surface area contributed by atoms with E-state index in [0.717, 1.165) is 19.3 Å². The van der Waals surface area contributed by atoms with Crippen molar-refractivity contribution in [1.82, 2.24) is 15.0 Å². The molecule has 1 fully saturated rings. The lowest BCUT2D eigenvalue weighted by Crippen LogP contribution is -2.17. The molecule has 2 rings (SSSR count). The van der Waals surface area contributed by atoms with Gasteiger partial charge in [-0.25, -0.2) is 0 Å². The Morgan fingerprint density at radius 2 is 2.43 bits per heavy atom. The molecule has 1 heterocycles. The Kier molecular flexibility index (Phi) is 2.16. The predicted octanol–water partition coefficient (Wildman–Crippen LogP) is 0.239.